The molecule has 12 heavy (non-hydrogen) atoms. The molecule has 3 heteroatoms. The van der Waals surface area contributed by atoms with Gasteiger partial charge in [0.15, 0.2) is 5.88 Å². The molecule has 0 radical (unpaired) electrons. The minimum atomic E-state index is 0.0271. The van der Waals surface area contributed by atoms with E-state index >= 15 is 0 Å². The standard InChI is InChI=1S/C9H16N2O/c1-6(2)8(5-10)9(11)12-7(3)4/h5,7,10H,1,11H2,2-4H3/b9-8-,10-5?. The maximum absolute atomic E-state index is 7.06. The van der Waals surface area contributed by atoms with Crippen molar-refractivity contribution >= 4 is 6.21 Å². The molecule has 0 unspecified atom stereocenters. The largest absolute Gasteiger partial charge is 0.476 e. The summed E-state index contributed by atoms with van der Waals surface area (Å²) in [6, 6.07) is 0. The predicted molar refractivity (Wildman–Crippen MR) is 51.0 cm³/mol. The molecule has 0 aliphatic carbocycles. The monoisotopic (exact) mass is 168 g/mol. The average Bonchev–Trinajstić information content (AvgIpc) is 1.85. The van der Waals surface area contributed by atoms with Crippen molar-refractivity contribution in [2.75, 3.05) is 0 Å². The summed E-state index contributed by atoms with van der Waals surface area (Å²) in [5.74, 6) is 0.271. The molecular weight excluding hydrogens is 152 g/mol. The molecule has 0 fully saturated rings. The summed E-state index contributed by atoms with van der Waals surface area (Å²) < 4.78 is 5.21. The number of nitrogens with one attached hydrogen (secondary N) is 1. The highest BCUT2D eigenvalue weighted by molar-refractivity contribution is 5.82. The first-order valence-electron chi connectivity index (χ1n) is 3.81. The molecule has 0 spiro atoms. The smallest absolute Gasteiger partial charge is 0.193 e. The molecule has 0 amide bonds. The van der Waals surface area contributed by atoms with Gasteiger partial charge in [0.05, 0.1) is 11.7 Å². The molecule has 0 aromatic carbocycles. The molecule has 0 aromatic rings. The van der Waals surface area contributed by atoms with Crippen LogP contribution in [0, 0.1) is 5.41 Å². The average molecular weight is 168 g/mol. The zero-order valence-electron chi connectivity index (χ0n) is 7.85. The van der Waals surface area contributed by atoms with E-state index in [9.17, 15) is 0 Å². The number of allylic oxidation sites excluding steroid dienone is 2. The Bertz CT molecular complexity index is 217. The zero-order chi connectivity index (χ0) is 9.72. The maximum atomic E-state index is 7.06. The summed E-state index contributed by atoms with van der Waals surface area (Å²) in [6.07, 6.45) is 1.18. The second kappa shape index (κ2) is 4.59. The fourth-order valence-electron chi connectivity index (χ4n) is 0.722. The summed E-state index contributed by atoms with van der Waals surface area (Å²) in [7, 11) is 0. The molecule has 0 bridgehead atoms. The normalized spacial score (nSPS) is 12.3. The van der Waals surface area contributed by atoms with E-state index in [-0.39, 0.29) is 12.0 Å². The van der Waals surface area contributed by atoms with Gasteiger partial charge in [-0.2, -0.15) is 0 Å². The third-order valence-electron chi connectivity index (χ3n) is 1.23. The van der Waals surface area contributed by atoms with Gasteiger partial charge >= 0.3 is 0 Å². The second-order valence-corrected chi connectivity index (χ2v) is 2.87. The van der Waals surface area contributed by atoms with Gasteiger partial charge in [-0.25, -0.2) is 0 Å². The molecule has 3 nitrogen and oxygen atoms in total. The Labute approximate surface area is 73.4 Å². The lowest BCUT2D eigenvalue weighted by molar-refractivity contribution is 0.144. The third kappa shape index (κ3) is 3.23. The van der Waals surface area contributed by atoms with Crippen LogP contribution in [-0.2, 0) is 4.74 Å². The van der Waals surface area contributed by atoms with Crippen LogP contribution >= 0.6 is 0 Å². The van der Waals surface area contributed by atoms with E-state index < -0.39 is 0 Å². The number of nitrogens with two attached hydrogens (primary N) is 1. The minimum absolute atomic E-state index is 0.0271. The first-order valence-corrected chi connectivity index (χ1v) is 3.81. The highest BCUT2D eigenvalue weighted by atomic mass is 16.5. The van der Waals surface area contributed by atoms with Gasteiger partial charge in [-0.15, -0.1) is 0 Å². The Hall–Kier alpha value is -1.25. The summed E-state index contributed by atoms with van der Waals surface area (Å²) in [4.78, 5) is 0. The van der Waals surface area contributed by atoms with Crippen LogP contribution in [0.1, 0.15) is 20.8 Å². The van der Waals surface area contributed by atoms with Gasteiger partial charge in [-0.3, -0.25) is 0 Å². The van der Waals surface area contributed by atoms with Crippen molar-refractivity contribution < 1.29 is 4.74 Å². The van der Waals surface area contributed by atoms with Crippen LogP contribution in [0.25, 0.3) is 0 Å². The zero-order valence-corrected chi connectivity index (χ0v) is 7.85. The van der Waals surface area contributed by atoms with Crippen LogP contribution in [-0.4, -0.2) is 12.3 Å². The van der Waals surface area contributed by atoms with Gasteiger partial charge < -0.3 is 15.9 Å². The van der Waals surface area contributed by atoms with Gasteiger partial charge in [0.25, 0.3) is 0 Å². The van der Waals surface area contributed by atoms with Gasteiger partial charge in [0, 0.05) is 6.21 Å². The fraction of sp³-hybridized carbons (Fsp3) is 0.444. The topological polar surface area (TPSA) is 59.1 Å². The Morgan fingerprint density at radius 3 is 2.33 bits per heavy atom. The molecule has 0 saturated carbocycles. The molecular formula is C9H16N2O. The minimum Gasteiger partial charge on any atom is -0.476 e. The van der Waals surface area contributed by atoms with E-state index in [0.717, 1.165) is 11.8 Å². The molecule has 0 aromatic heterocycles. The number of rotatable bonds is 4. The van der Waals surface area contributed by atoms with Gasteiger partial charge in [-0.1, -0.05) is 6.58 Å². The first kappa shape index (κ1) is 10.8. The molecule has 3 N–H and O–H groups in total. The van der Waals surface area contributed by atoms with Gasteiger partial charge in [-0.05, 0) is 26.3 Å². The van der Waals surface area contributed by atoms with Crippen LogP contribution in [0.5, 0.6) is 0 Å². The summed E-state index contributed by atoms with van der Waals surface area (Å²) in [5, 5.41) is 7.06. The van der Waals surface area contributed by atoms with E-state index in [1.165, 1.54) is 0 Å². The van der Waals surface area contributed by atoms with Crippen LogP contribution < -0.4 is 5.73 Å². The first-order chi connectivity index (χ1) is 5.49. The van der Waals surface area contributed by atoms with E-state index in [0.29, 0.717) is 5.57 Å². The van der Waals surface area contributed by atoms with Crippen molar-refractivity contribution in [2.24, 2.45) is 5.73 Å². The lowest BCUT2D eigenvalue weighted by atomic mass is 10.1. The molecule has 68 valence electrons. The predicted octanol–water partition coefficient (Wildman–Crippen LogP) is 1.81. The van der Waals surface area contributed by atoms with Crippen molar-refractivity contribution in [3.05, 3.63) is 23.6 Å². The lowest BCUT2D eigenvalue weighted by Crippen LogP contribution is -2.13. The third-order valence-corrected chi connectivity index (χ3v) is 1.23. The Morgan fingerprint density at radius 1 is 1.58 bits per heavy atom. The van der Waals surface area contributed by atoms with Crippen LogP contribution in [0.3, 0.4) is 0 Å². The molecule has 0 atom stereocenters. The Morgan fingerprint density at radius 2 is 2.08 bits per heavy atom. The van der Waals surface area contributed by atoms with E-state index in [1.807, 2.05) is 13.8 Å². The maximum Gasteiger partial charge on any atom is 0.193 e. The van der Waals surface area contributed by atoms with E-state index in [4.69, 9.17) is 15.9 Å². The van der Waals surface area contributed by atoms with Crippen LogP contribution in [0.4, 0.5) is 0 Å². The highest BCUT2D eigenvalue weighted by Crippen LogP contribution is 2.09. The Balaban J connectivity index is 4.60. The van der Waals surface area contributed by atoms with Crippen LogP contribution in [0.15, 0.2) is 23.6 Å². The van der Waals surface area contributed by atoms with Crippen molar-refractivity contribution in [1.82, 2.24) is 0 Å². The lowest BCUT2D eigenvalue weighted by Gasteiger charge is -2.12. The quantitative estimate of drug-likeness (QED) is 0.382. The van der Waals surface area contributed by atoms with E-state index in [1.54, 1.807) is 6.92 Å². The van der Waals surface area contributed by atoms with Crippen molar-refractivity contribution in [3.63, 3.8) is 0 Å². The highest BCUT2D eigenvalue weighted by Gasteiger charge is 2.04. The van der Waals surface area contributed by atoms with Gasteiger partial charge in [0.2, 0.25) is 0 Å². The summed E-state index contributed by atoms with van der Waals surface area (Å²) in [5.41, 5.74) is 6.87. The fourth-order valence-corrected chi connectivity index (χ4v) is 0.722. The number of hydrogen-bond donors (Lipinski definition) is 2. The van der Waals surface area contributed by atoms with Crippen molar-refractivity contribution in [3.8, 4) is 0 Å². The van der Waals surface area contributed by atoms with Crippen molar-refractivity contribution in [1.29, 1.82) is 5.41 Å². The van der Waals surface area contributed by atoms with Crippen LogP contribution in [0.2, 0.25) is 0 Å². The SMILES string of the molecule is C=C(C)/C(C=N)=C(/N)OC(C)C. The van der Waals surface area contributed by atoms with Crippen molar-refractivity contribution in [2.45, 2.75) is 26.9 Å². The van der Waals surface area contributed by atoms with Gasteiger partial charge in [0.1, 0.15) is 0 Å². The second-order valence-electron chi connectivity index (χ2n) is 2.87. The molecule has 0 rings (SSSR count). The molecule has 0 aliphatic heterocycles. The number of hydrogen-bond acceptors (Lipinski definition) is 3. The molecule has 0 heterocycles. The Kier molecular flexibility index (Phi) is 4.11. The number of ether oxygens (including phenoxy) is 1. The van der Waals surface area contributed by atoms with E-state index in [2.05, 4.69) is 6.58 Å². The molecule has 0 saturated heterocycles. The molecule has 0 aliphatic rings. The summed E-state index contributed by atoms with van der Waals surface area (Å²) >= 11 is 0. The summed E-state index contributed by atoms with van der Waals surface area (Å²) in [6.45, 7) is 9.24.